The molecule has 0 aliphatic carbocycles. The van der Waals surface area contributed by atoms with Crippen LogP contribution in [0.5, 0.6) is 0 Å². The van der Waals surface area contributed by atoms with E-state index in [0.717, 1.165) is 17.7 Å². The Morgan fingerprint density at radius 3 is 2.85 bits per heavy atom. The molecule has 2 atom stereocenters. The van der Waals surface area contributed by atoms with Crippen LogP contribution in [0.4, 0.5) is 5.69 Å². The number of nitrogens with zero attached hydrogens (tertiary/aromatic N) is 2. The van der Waals surface area contributed by atoms with Gasteiger partial charge in [0.15, 0.2) is 12.4 Å². The molecule has 0 bridgehead atoms. The van der Waals surface area contributed by atoms with E-state index >= 15 is 0 Å². The van der Waals surface area contributed by atoms with Crippen molar-refractivity contribution in [3.63, 3.8) is 0 Å². The molecule has 2 fully saturated rings. The third-order valence-electron chi connectivity index (χ3n) is 5.54. The Balaban J connectivity index is 1.40. The molecule has 1 aromatic rings. The van der Waals surface area contributed by atoms with Gasteiger partial charge in [-0.25, -0.2) is 4.79 Å². The Morgan fingerprint density at radius 2 is 2.07 bits per heavy atom. The van der Waals surface area contributed by atoms with Crippen LogP contribution < -0.4 is 4.90 Å². The van der Waals surface area contributed by atoms with Crippen molar-refractivity contribution in [2.75, 3.05) is 24.3 Å². The van der Waals surface area contributed by atoms with Crippen molar-refractivity contribution in [3.8, 4) is 0 Å². The molecule has 0 spiro atoms. The smallest absolute Gasteiger partial charge is 0.330 e. The van der Waals surface area contributed by atoms with Crippen LogP contribution in [0.3, 0.4) is 0 Å². The maximum absolute atomic E-state index is 12.5. The molecule has 7 nitrogen and oxygen atoms in total. The number of amides is 2. The molecule has 0 aromatic heterocycles. The predicted molar refractivity (Wildman–Crippen MR) is 99.6 cm³/mol. The summed E-state index contributed by atoms with van der Waals surface area (Å²) in [5.74, 6) is -0.427. The van der Waals surface area contributed by atoms with Crippen molar-refractivity contribution >= 4 is 41.0 Å². The number of esters is 1. The average molecular weight is 388 g/mol. The number of carbonyl (C=O) groups is 4. The van der Waals surface area contributed by atoms with Gasteiger partial charge in [-0.3, -0.25) is 14.4 Å². The molecule has 142 valence electrons. The van der Waals surface area contributed by atoms with E-state index in [9.17, 15) is 19.2 Å². The molecule has 3 aliphatic rings. The molecular formula is C19H20N2O5S. The van der Waals surface area contributed by atoms with Gasteiger partial charge in [0.1, 0.15) is 6.04 Å². The number of anilines is 1. The van der Waals surface area contributed by atoms with E-state index in [1.165, 1.54) is 0 Å². The van der Waals surface area contributed by atoms with Gasteiger partial charge in [0.05, 0.1) is 11.3 Å². The monoisotopic (exact) mass is 388 g/mol. The Morgan fingerprint density at radius 1 is 1.30 bits per heavy atom. The molecule has 1 aromatic carbocycles. The molecule has 3 aliphatic heterocycles. The summed E-state index contributed by atoms with van der Waals surface area (Å²) in [5.41, 5.74) is 2.00. The molecule has 2 amide bonds. The number of hydrogen-bond acceptors (Lipinski definition) is 6. The third-order valence-corrected chi connectivity index (χ3v) is 7.05. The maximum Gasteiger partial charge on any atom is 0.330 e. The molecule has 27 heavy (non-hydrogen) atoms. The molecule has 4 rings (SSSR count). The minimum atomic E-state index is -0.630. The predicted octanol–water partition coefficient (Wildman–Crippen LogP) is 1.39. The number of Topliss-reactive ketones (excluding diaryl/α,β-unsaturated/α-hetero) is 1. The van der Waals surface area contributed by atoms with E-state index in [4.69, 9.17) is 4.74 Å². The largest absolute Gasteiger partial charge is 0.456 e. The van der Waals surface area contributed by atoms with Gasteiger partial charge in [0, 0.05) is 30.5 Å². The highest BCUT2D eigenvalue weighted by Gasteiger charge is 2.53. The first-order valence-electron chi connectivity index (χ1n) is 8.85. The van der Waals surface area contributed by atoms with Crippen LogP contribution in [0.15, 0.2) is 18.2 Å². The van der Waals surface area contributed by atoms with Crippen molar-refractivity contribution in [1.82, 2.24) is 4.90 Å². The standard InChI is InChI=1S/C19H20N2O5S/c1-19-6-5-16(23)21(19)14(10-27-19)18(25)26-9-15(22)11-3-4-13-12(7-11)8-17(24)20(13)2/h3-4,7,14H,5-6,8-10H2,1-2H3/t14-,19-/m1/s1. The lowest BCUT2D eigenvalue weighted by Crippen LogP contribution is -2.46. The summed E-state index contributed by atoms with van der Waals surface area (Å²) >= 11 is 1.58. The lowest BCUT2D eigenvalue weighted by molar-refractivity contribution is -0.152. The van der Waals surface area contributed by atoms with Crippen molar-refractivity contribution in [2.24, 2.45) is 0 Å². The van der Waals surface area contributed by atoms with Crippen LogP contribution in [-0.4, -0.2) is 58.8 Å². The van der Waals surface area contributed by atoms with E-state index in [1.54, 1.807) is 46.8 Å². The van der Waals surface area contributed by atoms with Gasteiger partial charge >= 0.3 is 5.97 Å². The Bertz CT molecular complexity index is 870. The minimum Gasteiger partial charge on any atom is -0.456 e. The zero-order valence-corrected chi connectivity index (χ0v) is 16.0. The van der Waals surface area contributed by atoms with E-state index < -0.39 is 12.0 Å². The zero-order valence-electron chi connectivity index (χ0n) is 15.2. The molecule has 3 heterocycles. The topological polar surface area (TPSA) is 84.0 Å². The first-order chi connectivity index (χ1) is 12.8. The second-order valence-corrected chi connectivity index (χ2v) is 8.77. The number of thioether (sulfide) groups is 1. The highest BCUT2D eigenvalue weighted by Crippen LogP contribution is 2.47. The maximum atomic E-state index is 12.5. The lowest BCUT2D eigenvalue weighted by Gasteiger charge is -2.29. The molecule has 2 saturated heterocycles. The summed E-state index contributed by atoms with van der Waals surface area (Å²) in [5, 5.41) is 0. The van der Waals surface area contributed by atoms with Crippen LogP contribution >= 0.6 is 11.8 Å². The van der Waals surface area contributed by atoms with Crippen LogP contribution in [-0.2, 0) is 25.5 Å². The van der Waals surface area contributed by atoms with E-state index in [1.807, 2.05) is 6.92 Å². The number of rotatable bonds is 4. The van der Waals surface area contributed by atoms with E-state index in [2.05, 4.69) is 0 Å². The molecule has 0 N–H and O–H groups in total. The molecule has 8 heteroatoms. The van der Waals surface area contributed by atoms with Crippen molar-refractivity contribution in [1.29, 1.82) is 0 Å². The number of hydrogen-bond donors (Lipinski definition) is 0. The second-order valence-electron chi connectivity index (χ2n) is 7.27. The highest BCUT2D eigenvalue weighted by molar-refractivity contribution is 8.01. The zero-order chi connectivity index (χ0) is 19.3. The summed E-state index contributed by atoms with van der Waals surface area (Å²) in [6, 6.07) is 4.42. The fourth-order valence-corrected chi connectivity index (χ4v) is 5.37. The molecule has 0 saturated carbocycles. The second kappa shape index (κ2) is 6.37. The van der Waals surface area contributed by atoms with Crippen LogP contribution in [0.25, 0.3) is 0 Å². The van der Waals surface area contributed by atoms with E-state index in [-0.39, 0.29) is 35.5 Å². The fourth-order valence-electron chi connectivity index (χ4n) is 3.95. The van der Waals surface area contributed by atoms with Crippen LogP contribution in [0.2, 0.25) is 0 Å². The first kappa shape index (κ1) is 18.0. The number of benzene rings is 1. The highest BCUT2D eigenvalue weighted by atomic mass is 32.2. The summed E-state index contributed by atoms with van der Waals surface area (Å²) in [4.78, 5) is 51.6. The Hall–Kier alpha value is -2.35. The minimum absolute atomic E-state index is 0.0157. The summed E-state index contributed by atoms with van der Waals surface area (Å²) in [6.07, 6.45) is 1.43. The SMILES string of the molecule is CN1C(=O)Cc2cc(C(=O)COC(=O)[C@H]3CS[C@]4(C)CCC(=O)N34)ccc21. The average Bonchev–Trinajstić information content (AvgIpc) is 3.24. The van der Waals surface area contributed by atoms with Gasteiger partial charge in [-0.2, -0.15) is 0 Å². The molecule has 0 unspecified atom stereocenters. The van der Waals surface area contributed by atoms with Gasteiger partial charge in [-0.1, -0.05) is 0 Å². The summed E-state index contributed by atoms with van der Waals surface area (Å²) < 4.78 is 5.23. The van der Waals surface area contributed by atoms with Crippen LogP contribution in [0.1, 0.15) is 35.7 Å². The van der Waals surface area contributed by atoms with Crippen molar-refractivity contribution in [2.45, 2.75) is 37.1 Å². The first-order valence-corrected chi connectivity index (χ1v) is 9.84. The fraction of sp³-hybridized carbons (Fsp3) is 0.474. The number of fused-ring (bicyclic) bond motifs is 2. The van der Waals surface area contributed by atoms with Gasteiger partial charge in [0.25, 0.3) is 0 Å². The normalized spacial score (nSPS) is 26.4. The number of likely N-dealkylation sites (N-methyl/N-ethyl adjacent to an activating group) is 1. The van der Waals surface area contributed by atoms with Gasteiger partial charge in [-0.05, 0) is 37.1 Å². The Kier molecular flexibility index (Phi) is 4.25. The van der Waals surface area contributed by atoms with Gasteiger partial charge in [0.2, 0.25) is 11.8 Å². The summed E-state index contributed by atoms with van der Waals surface area (Å²) in [7, 11) is 1.70. The lowest BCUT2D eigenvalue weighted by atomic mass is 10.1. The van der Waals surface area contributed by atoms with Crippen molar-refractivity contribution in [3.05, 3.63) is 29.3 Å². The van der Waals surface area contributed by atoms with Gasteiger partial charge in [-0.15, -0.1) is 11.8 Å². The number of ether oxygens (including phenoxy) is 1. The van der Waals surface area contributed by atoms with E-state index in [0.29, 0.717) is 17.7 Å². The van der Waals surface area contributed by atoms with Gasteiger partial charge < -0.3 is 14.5 Å². The number of carbonyl (C=O) groups excluding carboxylic acids is 4. The molecule has 0 radical (unpaired) electrons. The van der Waals surface area contributed by atoms with Crippen LogP contribution in [0, 0.1) is 0 Å². The number of ketones is 1. The molecular weight excluding hydrogens is 368 g/mol. The third kappa shape index (κ3) is 2.92. The summed E-state index contributed by atoms with van der Waals surface area (Å²) in [6.45, 7) is 1.59. The quantitative estimate of drug-likeness (QED) is 0.572. The Labute approximate surface area is 161 Å². The van der Waals surface area contributed by atoms with Crippen molar-refractivity contribution < 1.29 is 23.9 Å².